The van der Waals surface area contributed by atoms with Gasteiger partial charge in [0, 0.05) is 5.54 Å². The van der Waals surface area contributed by atoms with Crippen LogP contribution in [-0.2, 0) is 5.41 Å². The highest BCUT2D eigenvalue weighted by molar-refractivity contribution is 6.35. The molecule has 32 heavy (non-hydrogen) atoms. The van der Waals surface area contributed by atoms with Gasteiger partial charge in [-0.15, -0.1) is 0 Å². The Morgan fingerprint density at radius 1 is 1.09 bits per heavy atom. The lowest BCUT2D eigenvalue weighted by atomic mass is 9.87. The lowest BCUT2D eigenvalue weighted by molar-refractivity contribution is 0.0719. The third-order valence-electron chi connectivity index (χ3n) is 5.53. The Morgan fingerprint density at radius 2 is 1.72 bits per heavy atom. The quantitative estimate of drug-likeness (QED) is 0.511. The van der Waals surface area contributed by atoms with Gasteiger partial charge < -0.3 is 5.11 Å². The number of fused-ring (bicyclic) bond motifs is 1. The van der Waals surface area contributed by atoms with Crippen molar-refractivity contribution >= 4 is 28.6 Å². The van der Waals surface area contributed by atoms with Crippen LogP contribution in [0.2, 0.25) is 5.02 Å². The second-order valence-electron chi connectivity index (χ2n) is 10.0. The number of amides is 1. The minimum atomic E-state index is -1.08. The number of carbonyl (C=O) groups is 1. The summed E-state index contributed by atoms with van der Waals surface area (Å²) in [5.41, 5.74) is 0.944. The lowest BCUT2D eigenvalue weighted by Crippen LogP contribution is -2.47. The van der Waals surface area contributed by atoms with Gasteiger partial charge in [-0.25, -0.2) is 9.78 Å². The molecular weight excluding hydrogens is 426 g/mol. The number of benzene rings is 2. The summed E-state index contributed by atoms with van der Waals surface area (Å²) in [5, 5.41) is 10.6. The Morgan fingerprint density at radius 3 is 2.28 bits per heavy atom. The molecule has 0 saturated carbocycles. The van der Waals surface area contributed by atoms with Crippen molar-refractivity contribution < 1.29 is 9.90 Å². The summed E-state index contributed by atoms with van der Waals surface area (Å²) in [4.78, 5) is 32.0. The van der Waals surface area contributed by atoms with E-state index in [0.29, 0.717) is 27.4 Å². The van der Waals surface area contributed by atoms with Crippen molar-refractivity contribution in [3.8, 4) is 5.69 Å². The first-order valence-electron chi connectivity index (χ1n) is 10.6. The number of nitrogens with zero attached hydrogens (tertiary/aromatic N) is 3. The van der Waals surface area contributed by atoms with Crippen molar-refractivity contribution in [3.63, 3.8) is 0 Å². The molecule has 0 bridgehead atoms. The standard InChI is InChI=1S/C25H30ClN3O3/c1-15(29(23(31)32)25(5,6)7)21-27-19-13-9-12-18(26)20(19)22(30)28(21)17-11-8-10-16(14-17)24(2,3)4/h8-15H,1-7H3,(H,31,32). The molecule has 1 heterocycles. The molecule has 0 aliphatic heterocycles. The summed E-state index contributed by atoms with van der Waals surface area (Å²) in [7, 11) is 0. The van der Waals surface area contributed by atoms with E-state index in [1.54, 1.807) is 25.1 Å². The molecule has 0 fully saturated rings. The highest BCUT2D eigenvalue weighted by Gasteiger charge is 2.34. The van der Waals surface area contributed by atoms with Crippen LogP contribution < -0.4 is 5.56 Å². The van der Waals surface area contributed by atoms with Gasteiger partial charge in [0.15, 0.2) is 0 Å². The summed E-state index contributed by atoms with van der Waals surface area (Å²) in [5.74, 6) is 0.341. The lowest BCUT2D eigenvalue weighted by Gasteiger charge is -2.38. The van der Waals surface area contributed by atoms with Crippen molar-refractivity contribution in [2.75, 3.05) is 0 Å². The van der Waals surface area contributed by atoms with Crippen LogP contribution in [0, 0.1) is 0 Å². The fourth-order valence-electron chi connectivity index (χ4n) is 4.00. The summed E-state index contributed by atoms with van der Waals surface area (Å²) < 4.78 is 1.50. The maximum atomic E-state index is 13.8. The molecule has 0 spiro atoms. The van der Waals surface area contributed by atoms with Gasteiger partial charge in [0.25, 0.3) is 5.56 Å². The van der Waals surface area contributed by atoms with E-state index in [4.69, 9.17) is 16.6 Å². The van der Waals surface area contributed by atoms with Gasteiger partial charge in [-0.1, -0.05) is 50.6 Å². The Balaban J connectivity index is 2.41. The van der Waals surface area contributed by atoms with E-state index >= 15 is 0 Å². The highest BCUT2D eigenvalue weighted by atomic mass is 35.5. The SMILES string of the molecule is CC(c1nc2cccc(Cl)c2c(=O)n1-c1cccc(C(C)(C)C)c1)N(C(=O)O)C(C)(C)C. The molecule has 1 aromatic heterocycles. The van der Waals surface area contributed by atoms with Gasteiger partial charge in [-0.2, -0.15) is 0 Å². The van der Waals surface area contributed by atoms with Gasteiger partial charge in [0.05, 0.1) is 27.7 Å². The van der Waals surface area contributed by atoms with E-state index in [0.717, 1.165) is 5.56 Å². The molecule has 7 heteroatoms. The number of hydrogen-bond donors (Lipinski definition) is 1. The average molecular weight is 456 g/mol. The van der Waals surface area contributed by atoms with Crippen LogP contribution in [0.5, 0.6) is 0 Å². The maximum Gasteiger partial charge on any atom is 0.408 e. The number of rotatable bonds is 3. The monoisotopic (exact) mass is 455 g/mol. The van der Waals surface area contributed by atoms with Gasteiger partial charge in [-0.3, -0.25) is 14.3 Å². The van der Waals surface area contributed by atoms with E-state index in [1.165, 1.54) is 9.47 Å². The number of aromatic nitrogens is 2. The zero-order valence-corrected chi connectivity index (χ0v) is 20.4. The molecule has 2 aromatic carbocycles. The highest BCUT2D eigenvalue weighted by Crippen LogP contribution is 2.31. The third-order valence-corrected chi connectivity index (χ3v) is 5.85. The van der Waals surface area contributed by atoms with Crippen molar-refractivity contribution in [2.24, 2.45) is 0 Å². The van der Waals surface area contributed by atoms with Crippen molar-refractivity contribution in [1.82, 2.24) is 14.5 Å². The third kappa shape index (κ3) is 4.37. The summed E-state index contributed by atoms with van der Waals surface area (Å²) in [6.07, 6.45) is -1.08. The van der Waals surface area contributed by atoms with Crippen molar-refractivity contribution in [3.05, 3.63) is 69.2 Å². The molecular formula is C25H30ClN3O3. The minimum Gasteiger partial charge on any atom is -0.465 e. The number of hydrogen-bond acceptors (Lipinski definition) is 3. The molecule has 170 valence electrons. The van der Waals surface area contributed by atoms with Crippen LogP contribution in [-0.4, -0.2) is 31.2 Å². The first-order chi connectivity index (χ1) is 14.7. The molecule has 1 atom stereocenters. The van der Waals surface area contributed by atoms with Crippen LogP contribution >= 0.6 is 11.6 Å². The normalized spacial score (nSPS) is 13.2. The van der Waals surface area contributed by atoms with Gasteiger partial charge in [0.2, 0.25) is 0 Å². The second kappa shape index (κ2) is 8.24. The molecule has 1 amide bonds. The first kappa shape index (κ1) is 23.8. The van der Waals surface area contributed by atoms with Crippen LogP contribution in [0.1, 0.15) is 65.9 Å². The van der Waals surface area contributed by atoms with Crippen molar-refractivity contribution in [1.29, 1.82) is 0 Å². The smallest absolute Gasteiger partial charge is 0.408 e. The predicted octanol–water partition coefficient (Wildman–Crippen LogP) is 6.18. The van der Waals surface area contributed by atoms with E-state index < -0.39 is 17.7 Å². The van der Waals surface area contributed by atoms with Crippen LogP contribution in [0.4, 0.5) is 4.79 Å². The minimum absolute atomic E-state index is 0.133. The molecule has 1 N–H and O–H groups in total. The predicted molar refractivity (Wildman–Crippen MR) is 129 cm³/mol. The zero-order chi connectivity index (χ0) is 24.0. The van der Waals surface area contributed by atoms with Crippen LogP contribution in [0.15, 0.2) is 47.3 Å². The summed E-state index contributed by atoms with van der Waals surface area (Å²) >= 11 is 6.39. The Kier molecular flexibility index (Phi) is 6.13. The number of halogens is 1. The van der Waals surface area contributed by atoms with Gasteiger partial charge >= 0.3 is 6.09 Å². The molecule has 6 nitrogen and oxygen atoms in total. The number of carboxylic acid groups (broad SMARTS) is 1. The Hall–Kier alpha value is -2.86. The van der Waals surface area contributed by atoms with Gasteiger partial charge in [0.1, 0.15) is 5.82 Å². The molecule has 1 unspecified atom stereocenters. The Labute approximate surface area is 193 Å². The summed E-state index contributed by atoms with van der Waals surface area (Å²) in [6.45, 7) is 13.5. The van der Waals surface area contributed by atoms with Crippen LogP contribution in [0.25, 0.3) is 16.6 Å². The fourth-order valence-corrected chi connectivity index (χ4v) is 4.25. The van der Waals surface area contributed by atoms with Gasteiger partial charge in [-0.05, 0) is 62.9 Å². The van der Waals surface area contributed by atoms with E-state index in [9.17, 15) is 14.7 Å². The van der Waals surface area contributed by atoms with E-state index in [-0.39, 0.29) is 11.0 Å². The largest absolute Gasteiger partial charge is 0.465 e. The average Bonchev–Trinajstić information content (AvgIpc) is 2.65. The maximum absolute atomic E-state index is 13.8. The summed E-state index contributed by atoms with van der Waals surface area (Å²) in [6, 6.07) is 12.1. The topological polar surface area (TPSA) is 75.4 Å². The molecule has 0 aliphatic carbocycles. The molecule has 0 radical (unpaired) electrons. The molecule has 0 saturated heterocycles. The van der Waals surface area contributed by atoms with Crippen molar-refractivity contribution in [2.45, 2.75) is 65.5 Å². The fraction of sp³-hybridized carbons (Fsp3) is 0.400. The Bertz CT molecular complexity index is 1240. The zero-order valence-electron chi connectivity index (χ0n) is 19.6. The van der Waals surface area contributed by atoms with Crippen LogP contribution in [0.3, 0.4) is 0 Å². The molecule has 0 aliphatic rings. The first-order valence-corrected chi connectivity index (χ1v) is 11.0. The van der Waals surface area contributed by atoms with E-state index in [2.05, 4.69) is 20.8 Å². The van der Waals surface area contributed by atoms with E-state index in [1.807, 2.05) is 45.0 Å². The molecule has 3 aromatic rings. The second-order valence-corrected chi connectivity index (χ2v) is 10.5. The molecule has 3 rings (SSSR count).